The minimum atomic E-state index is -0.920. The van der Waals surface area contributed by atoms with E-state index in [1.807, 2.05) is 25.1 Å². The first kappa shape index (κ1) is 20.9. The second-order valence-electron chi connectivity index (χ2n) is 6.55. The number of aliphatic carboxylic acids is 1. The van der Waals surface area contributed by atoms with E-state index >= 15 is 0 Å². The van der Waals surface area contributed by atoms with Crippen molar-refractivity contribution in [3.63, 3.8) is 0 Å². The average Bonchev–Trinajstić information content (AvgIpc) is 2.67. The lowest BCUT2D eigenvalue weighted by Gasteiger charge is -2.18. The van der Waals surface area contributed by atoms with Crippen molar-refractivity contribution in [2.45, 2.75) is 26.3 Å². The molecule has 0 amide bonds. The van der Waals surface area contributed by atoms with Crippen LogP contribution in [0.15, 0.2) is 40.9 Å². The number of carboxylic acid groups (broad SMARTS) is 1. The summed E-state index contributed by atoms with van der Waals surface area (Å²) in [7, 11) is 1.54. The van der Waals surface area contributed by atoms with E-state index in [9.17, 15) is 4.79 Å². The maximum atomic E-state index is 10.7. The highest BCUT2D eigenvalue weighted by Crippen LogP contribution is 2.35. The lowest BCUT2D eigenvalue weighted by atomic mass is 10.1. The lowest BCUT2D eigenvalue weighted by Crippen LogP contribution is -2.10. The molecule has 8 heteroatoms. The molecule has 0 saturated heterocycles. The number of benzene rings is 2. The van der Waals surface area contributed by atoms with Crippen LogP contribution >= 0.6 is 15.9 Å². The van der Waals surface area contributed by atoms with Crippen molar-refractivity contribution in [1.82, 2.24) is 9.97 Å². The minimum Gasteiger partial charge on any atom is -0.493 e. The average molecular weight is 460 g/mol. The van der Waals surface area contributed by atoms with E-state index in [1.165, 1.54) is 7.11 Å². The van der Waals surface area contributed by atoms with Crippen molar-refractivity contribution in [1.29, 1.82) is 0 Å². The van der Waals surface area contributed by atoms with Gasteiger partial charge in [0.25, 0.3) is 0 Å². The fourth-order valence-corrected chi connectivity index (χ4v) is 3.36. The molecule has 7 nitrogen and oxygen atoms in total. The second kappa shape index (κ2) is 9.09. The number of carbonyl (C=O) groups is 1. The Hall–Kier alpha value is -2.87. The van der Waals surface area contributed by atoms with Gasteiger partial charge in [0.1, 0.15) is 11.6 Å². The largest absolute Gasteiger partial charge is 0.493 e. The van der Waals surface area contributed by atoms with Gasteiger partial charge in [0.2, 0.25) is 0 Å². The van der Waals surface area contributed by atoms with Crippen LogP contribution in [0, 0.1) is 6.92 Å². The monoisotopic (exact) mass is 459 g/mol. The standard InChI is InChI=1S/C21H22BrN3O4/c1-12(14-5-4-6-15(22)9-14)23-21-16-10-18(28-3)19(29-8-7-20(26)27)11-17(16)24-13(2)25-21/h4-6,9-12H,7-8H2,1-3H3,(H,26,27)(H,23,24,25)/t12-/m1/s1. The molecule has 2 N–H and O–H groups in total. The number of fused-ring (bicyclic) bond motifs is 1. The number of aryl methyl sites for hydroxylation is 1. The molecule has 0 radical (unpaired) electrons. The zero-order valence-electron chi connectivity index (χ0n) is 16.4. The summed E-state index contributed by atoms with van der Waals surface area (Å²) in [5.41, 5.74) is 1.80. The van der Waals surface area contributed by atoms with E-state index in [0.717, 1.165) is 15.4 Å². The first-order valence-corrected chi connectivity index (χ1v) is 9.89. The van der Waals surface area contributed by atoms with Gasteiger partial charge >= 0.3 is 5.97 Å². The van der Waals surface area contributed by atoms with Gasteiger partial charge in [-0.25, -0.2) is 9.97 Å². The van der Waals surface area contributed by atoms with Crippen LogP contribution < -0.4 is 14.8 Å². The van der Waals surface area contributed by atoms with Crippen LogP contribution in [0.1, 0.15) is 30.8 Å². The maximum absolute atomic E-state index is 10.7. The Morgan fingerprint density at radius 2 is 2.03 bits per heavy atom. The van der Waals surface area contributed by atoms with E-state index in [0.29, 0.717) is 28.7 Å². The third-order valence-electron chi connectivity index (χ3n) is 4.37. The Morgan fingerprint density at radius 3 is 2.72 bits per heavy atom. The molecule has 0 unspecified atom stereocenters. The molecule has 2 aromatic carbocycles. The highest BCUT2D eigenvalue weighted by atomic mass is 79.9. The van der Waals surface area contributed by atoms with Gasteiger partial charge < -0.3 is 19.9 Å². The van der Waals surface area contributed by atoms with Gasteiger partial charge in [-0.05, 0) is 37.6 Å². The molecule has 29 heavy (non-hydrogen) atoms. The van der Waals surface area contributed by atoms with E-state index < -0.39 is 5.97 Å². The zero-order chi connectivity index (χ0) is 21.0. The quantitative estimate of drug-likeness (QED) is 0.502. The molecule has 3 aromatic rings. The smallest absolute Gasteiger partial charge is 0.306 e. The number of hydrogen-bond acceptors (Lipinski definition) is 6. The molecular weight excluding hydrogens is 438 g/mol. The first-order chi connectivity index (χ1) is 13.9. The lowest BCUT2D eigenvalue weighted by molar-refractivity contribution is -0.137. The molecule has 3 rings (SSSR count). The molecule has 0 aliphatic carbocycles. The van der Waals surface area contributed by atoms with Gasteiger partial charge in [0, 0.05) is 15.9 Å². The molecule has 1 aromatic heterocycles. The Balaban J connectivity index is 1.96. The van der Waals surface area contributed by atoms with Crippen molar-refractivity contribution in [2.24, 2.45) is 0 Å². The normalized spacial score (nSPS) is 11.9. The van der Waals surface area contributed by atoms with Crippen molar-refractivity contribution in [3.05, 3.63) is 52.3 Å². The summed E-state index contributed by atoms with van der Waals surface area (Å²) in [6, 6.07) is 11.7. The minimum absolute atomic E-state index is 0.0162. The summed E-state index contributed by atoms with van der Waals surface area (Å²) in [4.78, 5) is 19.8. The van der Waals surface area contributed by atoms with Gasteiger partial charge in [-0.3, -0.25) is 4.79 Å². The summed E-state index contributed by atoms with van der Waals surface area (Å²) in [6.45, 7) is 3.93. The highest BCUT2D eigenvalue weighted by Gasteiger charge is 2.15. The number of aromatic nitrogens is 2. The van der Waals surface area contributed by atoms with Crippen LogP contribution in [0.5, 0.6) is 11.5 Å². The third kappa shape index (κ3) is 5.14. The van der Waals surface area contributed by atoms with Gasteiger partial charge in [0.15, 0.2) is 11.5 Å². The molecule has 1 heterocycles. The highest BCUT2D eigenvalue weighted by molar-refractivity contribution is 9.10. The number of rotatable bonds is 8. The molecule has 0 saturated carbocycles. The Bertz CT molecular complexity index is 1040. The van der Waals surface area contributed by atoms with Crippen LogP contribution in [0.4, 0.5) is 5.82 Å². The van der Waals surface area contributed by atoms with Crippen molar-refractivity contribution in [2.75, 3.05) is 19.0 Å². The summed E-state index contributed by atoms with van der Waals surface area (Å²) < 4.78 is 12.0. The summed E-state index contributed by atoms with van der Waals surface area (Å²) in [5.74, 6) is 1.33. The number of carboxylic acids is 1. The van der Waals surface area contributed by atoms with Gasteiger partial charge in [-0.1, -0.05) is 28.1 Å². The topological polar surface area (TPSA) is 93.6 Å². The molecule has 0 fully saturated rings. The van der Waals surface area contributed by atoms with Crippen LogP contribution in [0.25, 0.3) is 10.9 Å². The fourth-order valence-electron chi connectivity index (χ4n) is 2.95. The van der Waals surface area contributed by atoms with Crippen LogP contribution in [-0.2, 0) is 4.79 Å². The predicted molar refractivity (Wildman–Crippen MR) is 115 cm³/mol. The number of anilines is 1. The van der Waals surface area contributed by atoms with Gasteiger partial charge in [-0.2, -0.15) is 0 Å². The van der Waals surface area contributed by atoms with Crippen LogP contribution in [-0.4, -0.2) is 34.8 Å². The Morgan fingerprint density at radius 1 is 1.24 bits per heavy atom. The predicted octanol–water partition coefficient (Wildman–Crippen LogP) is 4.74. The van der Waals surface area contributed by atoms with Crippen molar-refractivity contribution in [3.8, 4) is 11.5 Å². The summed E-state index contributed by atoms with van der Waals surface area (Å²) in [5, 5.41) is 13.1. The third-order valence-corrected chi connectivity index (χ3v) is 4.86. The van der Waals surface area contributed by atoms with E-state index in [4.69, 9.17) is 14.6 Å². The van der Waals surface area contributed by atoms with Gasteiger partial charge in [0.05, 0.1) is 31.7 Å². The zero-order valence-corrected chi connectivity index (χ0v) is 18.0. The number of nitrogens with one attached hydrogen (secondary N) is 1. The molecule has 0 bridgehead atoms. The number of methoxy groups -OCH3 is 1. The van der Waals surface area contributed by atoms with E-state index in [2.05, 4.69) is 44.2 Å². The van der Waals surface area contributed by atoms with E-state index in [1.54, 1.807) is 12.1 Å². The number of halogens is 1. The fraction of sp³-hybridized carbons (Fsp3) is 0.286. The molecule has 0 spiro atoms. The first-order valence-electron chi connectivity index (χ1n) is 9.10. The molecule has 1 atom stereocenters. The second-order valence-corrected chi connectivity index (χ2v) is 7.47. The Labute approximate surface area is 177 Å². The van der Waals surface area contributed by atoms with E-state index in [-0.39, 0.29) is 19.1 Å². The summed E-state index contributed by atoms with van der Waals surface area (Å²) in [6.07, 6.45) is -0.0963. The van der Waals surface area contributed by atoms with Crippen molar-refractivity contribution >= 4 is 38.6 Å². The molecule has 0 aliphatic rings. The number of hydrogen-bond donors (Lipinski definition) is 2. The van der Waals surface area contributed by atoms with Crippen LogP contribution in [0.2, 0.25) is 0 Å². The molecule has 152 valence electrons. The number of nitrogens with zero attached hydrogens (tertiary/aromatic N) is 2. The molecular formula is C21H22BrN3O4. The van der Waals surface area contributed by atoms with Crippen LogP contribution in [0.3, 0.4) is 0 Å². The van der Waals surface area contributed by atoms with Gasteiger partial charge in [-0.15, -0.1) is 0 Å². The number of ether oxygens (including phenoxy) is 2. The summed E-state index contributed by atoms with van der Waals surface area (Å²) >= 11 is 3.50. The maximum Gasteiger partial charge on any atom is 0.306 e. The molecule has 0 aliphatic heterocycles. The SMILES string of the molecule is COc1cc2c(N[C@H](C)c3cccc(Br)c3)nc(C)nc2cc1OCCC(=O)O. The van der Waals surface area contributed by atoms with Crippen molar-refractivity contribution < 1.29 is 19.4 Å². The Kier molecular flexibility index (Phi) is 6.53.